The third-order valence-corrected chi connectivity index (χ3v) is 5.56. The van der Waals surface area contributed by atoms with E-state index in [4.69, 9.17) is 4.74 Å². The average Bonchev–Trinajstić information content (AvgIpc) is 3.09. The monoisotopic (exact) mass is 383 g/mol. The predicted octanol–water partition coefficient (Wildman–Crippen LogP) is 2.29. The second-order valence-corrected chi connectivity index (χ2v) is 8.03. The summed E-state index contributed by atoms with van der Waals surface area (Å²) in [7, 11) is 0. The number of rotatable bonds is 5. The number of ketones is 1. The standard InChI is InChI=1S/C19H21N5O2S/c1-12-11-26-6-5-24(12)10-17(25)9-16-8-15-7-14(3-4-18(15)22-21-16)19-23-20-13(2)27-19/h3-4,7-8,12H,5-6,9-11H2,1-2H3/t12-/m1/s1. The highest BCUT2D eigenvalue weighted by Crippen LogP contribution is 2.26. The van der Waals surface area contributed by atoms with Crippen LogP contribution in [0.25, 0.3) is 21.5 Å². The van der Waals surface area contributed by atoms with E-state index in [-0.39, 0.29) is 18.2 Å². The molecule has 1 saturated heterocycles. The summed E-state index contributed by atoms with van der Waals surface area (Å²) in [5.74, 6) is 0.147. The van der Waals surface area contributed by atoms with Gasteiger partial charge in [0.15, 0.2) is 5.78 Å². The third-order valence-electron chi connectivity index (χ3n) is 4.67. The summed E-state index contributed by atoms with van der Waals surface area (Å²) < 4.78 is 5.43. The van der Waals surface area contributed by atoms with Crippen molar-refractivity contribution in [3.63, 3.8) is 0 Å². The number of carbonyl (C=O) groups is 1. The highest BCUT2D eigenvalue weighted by molar-refractivity contribution is 7.14. The lowest BCUT2D eigenvalue weighted by molar-refractivity contribution is -0.121. The molecule has 27 heavy (non-hydrogen) atoms. The number of aryl methyl sites for hydroxylation is 1. The first-order chi connectivity index (χ1) is 13.1. The molecule has 140 valence electrons. The first kappa shape index (κ1) is 18.1. The fourth-order valence-electron chi connectivity index (χ4n) is 3.20. The minimum Gasteiger partial charge on any atom is -0.379 e. The number of benzene rings is 1. The molecular formula is C19H21N5O2S. The smallest absolute Gasteiger partial charge is 0.152 e. The van der Waals surface area contributed by atoms with Gasteiger partial charge in [-0.15, -0.1) is 10.2 Å². The second kappa shape index (κ2) is 7.75. The molecule has 1 atom stereocenters. The van der Waals surface area contributed by atoms with Crippen LogP contribution in [0.1, 0.15) is 17.6 Å². The number of nitrogens with zero attached hydrogens (tertiary/aromatic N) is 5. The molecule has 8 heteroatoms. The largest absolute Gasteiger partial charge is 0.379 e. The number of fused-ring (bicyclic) bond motifs is 1. The molecule has 0 radical (unpaired) electrons. The molecule has 2 aromatic heterocycles. The number of carbonyl (C=O) groups excluding carboxylic acids is 1. The molecule has 0 amide bonds. The molecule has 0 N–H and O–H groups in total. The molecule has 1 aliphatic rings. The molecule has 3 aromatic rings. The molecule has 3 heterocycles. The lowest BCUT2D eigenvalue weighted by atomic mass is 10.1. The normalized spacial score (nSPS) is 18.1. The van der Waals surface area contributed by atoms with Crippen LogP contribution in [0, 0.1) is 6.92 Å². The Kier molecular flexibility index (Phi) is 5.20. The van der Waals surface area contributed by atoms with E-state index in [1.807, 2.05) is 31.2 Å². The van der Waals surface area contributed by atoms with Crippen LogP contribution in [0.15, 0.2) is 24.3 Å². The van der Waals surface area contributed by atoms with Crippen molar-refractivity contribution in [3.05, 3.63) is 35.0 Å². The van der Waals surface area contributed by atoms with E-state index in [0.29, 0.717) is 25.5 Å². The summed E-state index contributed by atoms with van der Waals surface area (Å²) in [6, 6.07) is 8.14. The number of aromatic nitrogens is 4. The predicted molar refractivity (Wildman–Crippen MR) is 104 cm³/mol. The number of hydrogen-bond donors (Lipinski definition) is 0. The topological polar surface area (TPSA) is 81.1 Å². The van der Waals surface area contributed by atoms with Gasteiger partial charge < -0.3 is 4.74 Å². The molecule has 4 rings (SSSR count). The number of ether oxygens (including phenoxy) is 1. The van der Waals surface area contributed by atoms with Gasteiger partial charge in [0.2, 0.25) is 0 Å². The molecule has 0 bridgehead atoms. The molecule has 1 aliphatic heterocycles. The fraction of sp³-hybridized carbons (Fsp3) is 0.421. The maximum Gasteiger partial charge on any atom is 0.152 e. The van der Waals surface area contributed by atoms with Crippen molar-refractivity contribution in [3.8, 4) is 10.6 Å². The van der Waals surface area contributed by atoms with Crippen molar-refractivity contribution in [1.29, 1.82) is 0 Å². The van der Waals surface area contributed by atoms with Gasteiger partial charge >= 0.3 is 0 Å². The van der Waals surface area contributed by atoms with Crippen molar-refractivity contribution in [2.24, 2.45) is 0 Å². The fourth-order valence-corrected chi connectivity index (χ4v) is 3.89. The Hall–Kier alpha value is -2.29. The third kappa shape index (κ3) is 4.18. The van der Waals surface area contributed by atoms with Crippen LogP contribution in [-0.2, 0) is 16.0 Å². The average molecular weight is 383 g/mol. The second-order valence-electron chi connectivity index (χ2n) is 6.85. The van der Waals surface area contributed by atoms with Crippen molar-refractivity contribution < 1.29 is 9.53 Å². The van der Waals surface area contributed by atoms with E-state index in [1.165, 1.54) is 0 Å². The molecule has 0 unspecified atom stereocenters. The van der Waals surface area contributed by atoms with Gasteiger partial charge in [0.1, 0.15) is 10.0 Å². The summed E-state index contributed by atoms with van der Waals surface area (Å²) in [6.45, 7) is 6.60. The van der Waals surface area contributed by atoms with Gasteiger partial charge in [0.05, 0.1) is 37.4 Å². The van der Waals surface area contributed by atoms with Crippen molar-refractivity contribution in [2.75, 3.05) is 26.3 Å². The van der Waals surface area contributed by atoms with Crippen LogP contribution >= 0.6 is 11.3 Å². The van der Waals surface area contributed by atoms with Gasteiger partial charge in [-0.1, -0.05) is 11.3 Å². The van der Waals surface area contributed by atoms with E-state index in [0.717, 1.165) is 33.0 Å². The van der Waals surface area contributed by atoms with E-state index >= 15 is 0 Å². The zero-order chi connectivity index (χ0) is 18.8. The minimum absolute atomic E-state index is 0.147. The number of Topliss-reactive ketones (excluding diaryl/α,β-unsaturated/α-hetero) is 1. The maximum atomic E-state index is 12.5. The molecular weight excluding hydrogens is 362 g/mol. The Morgan fingerprint density at radius 3 is 2.93 bits per heavy atom. The van der Waals surface area contributed by atoms with Crippen LogP contribution in [0.5, 0.6) is 0 Å². The highest BCUT2D eigenvalue weighted by Gasteiger charge is 2.21. The lowest BCUT2D eigenvalue weighted by Gasteiger charge is -2.32. The number of morpholine rings is 1. The van der Waals surface area contributed by atoms with Crippen LogP contribution in [-0.4, -0.2) is 63.4 Å². The lowest BCUT2D eigenvalue weighted by Crippen LogP contribution is -2.46. The zero-order valence-electron chi connectivity index (χ0n) is 15.4. The maximum absolute atomic E-state index is 12.5. The SMILES string of the molecule is Cc1nnc(-c2ccc3nnc(CC(=O)CN4CCOC[C@H]4C)cc3c2)s1. The summed E-state index contributed by atoms with van der Waals surface area (Å²) in [6.07, 6.45) is 0.287. The van der Waals surface area contributed by atoms with E-state index in [2.05, 4.69) is 32.2 Å². The Morgan fingerprint density at radius 2 is 2.15 bits per heavy atom. The highest BCUT2D eigenvalue weighted by atomic mass is 32.1. The van der Waals surface area contributed by atoms with Crippen molar-refractivity contribution >= 4 is 28.0 Å². The van der Waals surface area contributed by atoms with Gasteiger partial charge in [-0.05, 0) is 38.1 Å². The first-order valence-corrected chi connectivity index (χ1v) is 9.80. The molecule has 7 nitrogen and oxygen atoms in total. The van der Waals surface area contributed by atoms with Crippen molar-refractivity contribution in [2.45, 2.75) is 26.3 Å². The first-order valence-electron chi connectivity index (χ1n) is 8.99. The summed E-state index contributed by atoms with van der Waals surface area (Å²) in [5, 5.41) is 19.5. The molecule has 0 spiro atoms. The van der Waals surface area contributed by atoms with E-state index in [9.17, 15) is 4.79 Å². The van der Waals surface area contributed by atoms with Gasteiger partial charge in [-0.2, -0.15) is 10.2 Å². The van der Waals surface area contributed by atoms with Gasteiger partial charge in [-0.3, -0.25) is 9.69 Å². The van der Waals surface area contributed by atoms with Gasteiger partial charge in [0.25, 0.3) is 0 Å². The van der Waals surface area contributed by atoms with Crippen LogP contribution in [0.3, 0.4) is 0 Å². The Labute approximate surface area is 161 Å². The number of hydrogen-bond acceptors (Lipinski definition) is 8. The van der Waals surface area contributed by atoms with Crippen LogP contribution < -0.4 is 0 Å². The Bertz CT molecular complexity index is 974. The summed E-state index contributed by atoms with van der Waals surface area (Å²) in [5.41, 5.74) is 2.50. The van der Waals surface area contributed by atoms with Crippen LogP contribution in [0.2, 0.25) is 0 Å². The summed E-state index contributed by atoms with van der Waals surface area (Å²) >= 11 is 1.56. The minimum atomic E-state index is 0.147. The van der Waals surface area contributed by atoms with Gasteiger partial charge in [-0.25, -0.2) is 0 Å². The van der Waals surface area contributed by atoms with Gasteiger partial charge in [0, 0.05) is 23.5 Å². The van der Waals surface area contributed by atoms with E-state index < -0.39 is 0 Å². The molecule has 0 aliphatic carbocycles. The summed E-state index contributed by atoms with van der Waals surface area (Å²) in [4.78, 5) is 14.6. The molecule has 1 aromatic carbocycles. The Morgan fingerprint density at radius 1 is 1.26 bits per heavy atom. The molecule has 1 fully saturated rings. The Balaban J connectivity index is 1.51. The van der Waals surface area contributed by atoms with Crippen LogP contribution in [0.4, 0.5) is 0 Å². The van der Waals surface area contributed by atoms with Crippen molar-refractivity contribution in [1.82, 2.24) is 25.3 Å². The molecule has 0 saturated carbocycles. The quantitative estimate of drug-likeness (QED) is 0.668. The zero-order valence-corrected chi connectivity index (χ0v) is 16.2. The van der Waals surface area contributed by atoms with E-state index in [1.54, 1.807) is 11.3 Å².